The zero-order valence-electron chi connectivity index (χ0n) is 16.8. The van der Waals surface area contributed by atoms with Gasteiger partial charge in [0.15, 0.2) is 11.5 Å². The maximum atomic E-state index is 12.6. The number of carbonyl (C=O) groups excluding carboxylic acids is 4. The summed E-state index contributed by atoms with van der Waals surface area (Å²) in [7, 11) is 1.29. The summed E-state index contributed by atoms with van der Waals surface area (Å²) in [5.74, 6) is -0.307. The van der Waals surface area contributed by atoms with Crippen molar-refractivity contribution in [2.75, 3.05) is 38.4 Å². The van der Waals surface area contributed by atoms with Crippen molar-refractivity contribution in [2.45, 2.75) is 6.61 Å². The Morgan fingerprint density at radius 1 is 1.28 bits per heavy atom. The van der Waals surface area contributed by atoms with E-state index in [0.29, 0.717) is 17.2 Å². The minimum atomic E-state index is -3.01. The van der Waals surface area contributed by atoms with Crippen molar-refractivity contribution in [1.82, 2.24) is 15.1 Å². The van der Waals surface area contributed by atoms with Crippen molar-refractivity contribution in [2.24, 2.45) is 0 Å². The molecule has 172 valence electrons. The van der Waals surface area contributed by atoms with E-state index in [1.165, 1.54) is 48.0 Å². The number of hydrogen-bond acceptors (Lipinski definition) is 8. The molecule has 2 aliphatic heterocycles. The number of nitrogens with one attached hydrogen (secondary N) is 1. The maximum Gasteiger partial charge on any atom is 0.387 e. The van der Waals surface area contributed by atoms with Crippen LogP contribution in [0.3, 0.4) is 0 Å². The van der Waals surface area contributed by atoms with Gasteiger partial charge in [-0.05, 0) is 35.5 Å². The highest BCUT2D eigenvalue weighted by molar-refractivity contribution is 8.18. The minimum Gasteiger partial charge on any atom is -0.493 e. The van der Waals surface area contributed by atoms with E-state index in [1.54, 1.807) is 0 Å². The largest absolute Gasteiger partial charge is 0.493 e. The first-order valence-corrected chi connectivity index (χ1v) is 11.3. The Labute approximate surface area is 190 Å². The van der Waals surface area contributed by atoms with Crippen molar-refractivity contribution < 1.29 is 37.4 Å². The molecule has 0 atom stereocenters. The fourth-order valence-corrected chi connectivity index (χ4v) is 4.66. The summed E-state index contributed by atoms with van der Waals surface area (Å²) in [4.78, 5) is 50.9. The number of rotatable bonds is 9. The molecule has 3 rings (SSSR count). The molecule has 32 heavy (non-hydrogen) atoms. The number of ether oxygens (including phenoxy) is 2. The van der Waals surface area contributed by atoms with Crippen LogP contribution in [-0.2, 0) is 14.4 Å². The third kappa shape index (κ3) is 5.91. The second kappa shape index (κ2) is 10.7. The molecule has 0 spiro atoms. The molecule has 0 saturated carbocycles. The Morgan fingerprint density at radius 3 is 2.72 bits per heavy atom. The maximum absolute atomic E-state index is 12.6. The smallest absolute Gasteiger partial charge is 0.387 e. The third-order valence-corrected chi connectivity index (χ3v) is 6.25. The normalized spacial score (nSPS) is 17.6. The number of nitrogens with zero attached hydrogens (tertiary/aromatic N) is 2. The first-order valence-electron chi connectivity index (χ1n) is 9.29. The molecule has 1 N–H and O–H groups in total. The van der Waals surface area contributed by atoms with Gasteiger partial charge in [-0.2, -0.15) is 8.78 Å². The van der Waals surface area contributed by atoms with E-state index in [2.05, 4.69) is 10.1 Å². The summed E-state index contributed by atoms with van der Waals surface area (Å²) in [6.07, 6.45) is 1.44. The Balaban J connectivity index is 1.57. The number of alkyl halides is 2. The molecule has 13 heteroatoms. The molecular formula is C19H19F2N3O6S2. The van der Waals surface area contributed by atoms with Gasteiger partial charge in [-0.15, -0.1) is 11.8 Å². The molecule has 0 aliphatic carbocycles. The van der Waals surface area contributed by atoms with Crippen LogP contribution >= 0.6 is 23.5 Å². The SMILES string of the molecule is COc1cc(/C=C2\SC(=O)N(CCNC(=O)CN3CSCC3=O)C2=O)ccc1OC(F)F. The van der Waals surface area contributed by atoms with Crippen LogP contribution in [0, 0.1) is 0 Å². The molecule has 1 aromatic rings. The highest BCUT2D eigenvalue weighted by Gasteiger charge is 2.34. The van der Waals surface area contributed by atoms with Crippen LogP contribution in [0.4, 0.5) is 13.6 Å². The Morgan fingerprint density at radius 2 is 2.06 bits per heavy atom. The first-order chi connectivity index (χ1) is 15.3. The minimum absolute atomic E-state index is 0.0269. The Kier molecular flexibility index (Phi) is 7.96. The second-order valence-corrected chi connectivity index (χ2v) is 8.49. The van der Waals surface area contributed by atoms with E-state index in [9.17, 15) is 28.0 Å². The lowest BCUT2D eigenvalue weighted by Crippen LogP contribution is -2.42. The lowest BCUT2D eigenvalue weighted by Gasteiger charge is -2.16. The van der Waals surface area contributed by atoms with Gasteiger partial charge in [-0.1, -0.05) is 6.07 Å². The van der Waals surface area contributed by atoms with Crippen LogP contribution in [0.15, 0.2) is 23.1 Å². The quantitative estimate of drug-likeness (QED) is 0.528. The van der Waals surface area contributed by atoms with Crippen LogP contribution < -0.4 is 14.8 Å². The Bertz CT molecular complexity index is 959. The van der Waals surface area contributed by atoms with Crippen LogP contribution in [0.2, 0.25) is 0 Å². The molecule has 4 amide bonds. The number of thioether (sulfide) groups is 2. The number of benzene rings is 1. The van der Waals surface area contributed by atoms with Gasteiger partial charge in [0, 0.05) is 13.1 Å². The van der Waals surface area contributed by atoms with Crippen LogP contribution in [0.1, 0.15) is 5.56 Å². The monoisotopic (exact) mass is 487 g/mol. The molecule has 0 bridgehead atoms. The average Bonchev–Trinajstić information content (AvgIpc) is 3.26. The lowest BCUT2D eigenvalue weighted by molar-refractivity contribution is -0.132. The van der Waals surface area contributed by atoms with Gasteiger partial charge in [-0.3, -0.25) is 24.1 Å². The van der Waals surface area contributed by atoms with Crippen LogP contribution in [-0.4, -0.2) is 77.7 Å². The fourth-order valence-electron chi connectivity index (χ4n) is 2.89. The van der Waals surface area contributed by atoms with Crippen LogP contribution in [0.25, 0.3) is 6.08 Å². The first kappa shape index (κ1) is 23.9. The number of hydrogen-bond donors (Lipinski definition) is 1. The van der Waals surface area contributed by atoms with E-state index >= 15 is 0 Å². The zero-order chi connectivity index (χ0) is 23.3. The zero-order valence-corrected chi connectivity index (χ0v) is 18.5. The summed E-state index contributed by atoms with van der Waals surface area (Å²) in [6.45, 7) is -3.06. The van der Waals surface area contributed by atoms with Crippen molar-refractivity contribution in [3.63, 3.8) is 0 Å². The molecule has 2 saturated heterocycles. The van der Waals surface area contributed by atoms with Crippen molar-refractivity contribution in [3.8, 4) is 11.5 Å². The molecule has 0 aromatic heterocycles. The molecular weight excluding hydrogens is 468 g/mol. The second-order valence-electron chi connectivity index (χ2n) is 6.54. The van der Waals surface area contributed by atoms with Gasteiger partial charge in [0.25, 0.3) is 11.1 Å². The summed E-state index contributed by atoms with van der Waals surface area (Å²) < 4.78 is 34.3. The average molecular weight is 488 g/mol. The Hall–Kier alpha value is -2.80. The fraction of sp³-hybridized carbons (Fsp3) is 0.368. The molecule has 0 unspecified atom stereocenters. The summed E-state index contributed by atoms with van der Waals surface area (Å²) in [5, 5.41) is 2.10. The summed E-state index contributed by atoms with van der Waals surface area (Å²) in [5.41, 5.74) is 0.454. The van der Waals surface area contributed by atoms with E-state index in [4.69, 9.17) is 4.74 Å². The van der Waals surface area contributed by atoms with Gasteiger partial charge in [0.2, 0.25) is 11.8 Å². The van der Waals surface area contributed by atoms with E-state index in [1.807, 2.05) is 0 Å². The predicted octanol–water partition coefficient (Wildman–Crippen LogP) is 1.98. The van der Waals surface area contributed by atoms with E-state index < -0.39 is 17.8 Å². The van der Waals surface area contributed by atoms with Crippen LogP contribution in [0.5, 0.6) is 11.5 Å². The summed E-state index contributed by atoms with van der Waals surface area (Å²) >= 11 is 2.15. The number of imide groups is 1. The number of halogens is 2. The van der Waals surface area contributed by atoms with E-state index in [0.717, 1.165) is 16.7 Å². The van der Waals surface area contributed by atoms with Crippen molar-refractivity contribution in [3.05, 3.63) is 28.7 Å². The van der Waals surface area contributed by atoms with Gasteiger partial charge >= 0.3 is 6.61 Å². The van der Waals surface area contributed by atoms with E-state index in [-0.39, 0.29) is 47.9 Å². The predicted molar refractivity (Wildman–Crippen MR) is 114 cm³/mol. The number of methoxy groups -OCH3 is 1. The number of amides is 4. The molecule has 2 fully saturated rings. The highest BCUT2D eigenvalue weighted by atomic mass is 32.2. The van der Waals surface area contributed by atoms with Crippen molar-refractivity contribution >= 4 is 52.6 Å². The van der Waals surface area contributed by atoms with Crippen molar-refractivity contribution in [1.29, 1.82) is 0 Å². The molecule has 2 heterocycles. The third-order valence-electron chi connectivity index (χ3n) is 4.39. The standard InChI is InChI=1S/C19H19F2N3O6S2/c1-29-13-6-11(2-3-12(13)30-18(20)21)7-14-17(27)24(19(28)32-14)5-4-22-15(25)8-23-10-31-9-16(23)26/h2-3,6-7,18H,4-5,8-10H2,1H3,(H,22,25)/b14-7-. The lowest BCUT2D eigenvalue weighted by atomic mass is 10.2. The molecule has 0 radical (unpaired) electrons. The number of carbonyl (C=O) groups is 4. The molecule has 1 aromatic carbocycles. The summed E-state index contributed by atoms with van der Waals surface area (Å²) in [6, 6.07) is 4.14. The molecule has 9 nitrogen and oxygen atoms in total. The van der Waals surface area contributed by atoms with Gasteiger partial charge < -0.3 is 19.7 Å². The van der Waals surface area contributed by atoms with Gasteiger partial charge in [0.05, 0.1) is 23.6 Å². The van der Waals surface area contributed by atoms with Gasteiger partial charge in [-0.25, -0.2) is 0 Å². The topological polar surface area (TPSA) is 105 Å². The molecule has 2 aliphatic rings. The van der Waals surface area contributed by atoms with Gasteiger partial charge in [0.1, 0.15) is 6.54 Å². The highest BCUT2D eigenvalue weighted by Crippen LogP contribution is 2.34.